The number of benzene rings is 3. The summed E-state index contributed by atoms with van der Waals surface area (Å²) < 4.78 is 5.97. The molecule has 0 aliphatic rings. The predicted molar refractivity (Wildman–Crippen MR) is 116 cm³/mol. The zero-order chi connectivity index (χ0) is 19.9. The normalized spacial score (nSPS) is 12.1. The van der Waals surface area contributed by atoms with Crippen LogP contribution < -0.4 is 10.1 Å². The van der Waals surface area contributed by atoms with E-state index in [1.807, 2.05) is 43.3 Å². The standard InChI is InChI=1S/C25H29NO2/c1-4-24(28-23-14-13-21-7-5-6-8-22(21)17-23)25(27)26-16-15-19-9-11-20(12-10-19)18(2)3/h5-14,17-18,24H,4,15-16H2,1-3H3,(H,26,27). The summed E-state index contributed by atoms with van der Waals surface area (Å²) in [6.45, 7) is 6.96. The molecule has 0 aliphatic carbocycles. The molecule has 0 spiro atoms. The molecular weight excluding hydrogens is 346 g/mol. The van der Waals surface area contributed by atoms with Crippen molar-refractivity contribution < 1.29 is 9.53 Å². The third-order valence-electron chi connectivity index (χ3n) is 5.02. The molecule has 3 aromatic carbocycles. The van der Waals surface area contributed by atoms with Crippen LogP contribution in [0.4, 0.5) is 0 Å². The maximum Gasteiger partial charge on any atom is 0.261 e. The number of rotatable bonds is 8. The second-order valence-electron chi connectivity index (χ2n) is 7.46. The van der Waals surface area contributed by atoms with Crippen molar-refractivity contribution in [2.75, 3.05) is 6.54 Å². The van der Waals surface area contributed by atoms with E-state index in [2.05, 4.69) is 49.5 Å². The fourth-order valence-corrected chi connectivity index (χ4v) is 3.24. The largest absolute Gasteiger partial charge is 0.481 e. The van der Waals surface area contributed by atoms with Crippen LogP contribution in [-0.2, 0) is 11.2 Å². The smallest absolute Gasteiger partial charge is 0.261 e. The van der Waals surface area contributed by atoms with Crippen LogP contribution in [0.3, 0.4) is 0 Å². The zero-order valence-electron chi connectivity index (χ0n) is 16.9. The molecular formula is C25H29NO2. The second kappa shape index (κ2) is 9.41. The van der Waals surface area contributed by atoms with Gasteiger partial charge in [0.1, 0.15) is 5.75 Å². The quantitative estimate of drug-likeness (QED) is 0.566. The van der Waals surface area contributed by atoms with Gasteiger partial charge in [-0.05, 0) is 52.8 Å². The van der Waals surface area contributed by atoms with Crippen molar-refractivity contribution in [2.24, 2.45) is 0 Å². The monoisotopic (exact) mass is 375 g/mol. The molecule has 0 radical (unpaired) electrons. The molecule has 0 aliphatic heterocycles. The number of fused-ring (bicyclic) bond motifs is 1. The van der Waals surface area contributed by atoms with E-state index in [1.165, 1.54) is 11.1 Å². The van der Waals surface area contributed by atoms with Crippen molar-refractivity contribution in [1.29, 1.82) is 0 Å². The summed E-state index contributed by atoms with van der Waals surface area (Å²) in [6, 6.07) is 22.7. The van der Waals surface area contributed by atoms with Crippen LogP contribution in [0.1, 0.15) is 44.2 Å². The Hall–Kier alpha value is -2.81. The molecule has 0 bridgehead atoms. The molecule has 1 N–H and O–H groups in total. The van der Waals surface area contributed by atoms with Crippen LogP contribution in [0, 0.1) is 0 Å². The Labute approximate surface area is 167 Å². The van der Waals surface area contributed by atoms with Crippen LogP contribution in [-0.4, -0.2) is 18.6 Å². The Balaban J connectivity index is 1.54. The Bertz CT molecular complexity index is 915. The number of hydrogen-bond donors (Lipinski definition) is 1. The minimum atomic E-state index is -0.482. The summed E-state index contributed by atoms with van der Waals surface area (Å²) in [4.78, 5) is 12.5. The molecule has 3 rings (SSSR count). The highest BCUT2D eigenvalue weighted by Gasteiger charge is 2.18. The van der Waals surface area contributed by atoms with Gasteiger partial charge in [0.05, 0.1) is 0 Å². The molecule has 146 valence electrons. The first-order chi connectivity index (χ1) is 13.6. The van der Waals surface area contributed by atoms with Gasteiger partial charge in [0.25, 0.3) is 5.91 Å². The van der Waals surface area contributed by atoms with Gasteiger partial charge < -0.3 is 10.1 Å². The molecule has 0 aromatic heterocycles. The average molecular weight is 376 g/mol. The van der Waals surface area contributed by atoms with E-state index >= 15 is 0 Å². The van der Waals surface area contributed by atoms with Crippen molar-refractivity contribution in [3.8, 4) is 5.75 Å². The lowest BCUT2D eigenvalue weighted by molar-refractivity contribution is -0.128. The summed E-state index contributed by atoms with van der Waals surface area (Å²) >= 11 is 0. The van der Waals surface area contributed by atoms with E-state index in [1.54, 1.807) is 0 Å². The summed E-state index contributed by atoms with van der Waals surface area (Å²) in [5.41, 5.74) is 2.57. The molecule has 0 fully saturated rings. The van der Waals surface area contributed by atoms with E-state index in [0.717, 1.165) is 22.9 Å². The van der Waals surface area contributed by atoms with E-state index in [9.17, 15) is 4.79 Å². The highest BCUT2D eigenvalue weighted by molar-refractivity contribution is 5.84. The Kier molecular flexibility index (Phi) is 6.70. The van der Waals surface area contributed by atoms with Crippen molar-refractivity contribution in [2.45, 2.75) is 45.6 Å². The summed E-state index contributed by atoms with van der Waals surface area (Å²) in [5.74, 6) is 1.20. The third-order valence-corrected chi connectivity index (χ3v) is 5.02. The van der Waals surface area contributed by atoms with E-state index < -0.39 is 6.10 Å². The van der Waals surface area contributed by atoms with Gasteiger partial charge in [-0.3, -0.25) is 4.79 Å². The fourth-order valence-electron chi connectivity index (χ4n) is 3.24. The molecule has 0 heterocycles. The van der Waals surface area contributed by atoms with Crippen molar-refractivity contribution in [1.82, 2.24) is 5.32 Å². The van der Waals surface area contributed by atoms with Gasteiger partial charge >= 0.3 is 0 Å². The minimum Gasteiger partial charge on any atom is -0.481 e. The molecule has 0 saturated heterocycles. The van der Waals surface area contributed by atoms with Crippen LogP contribution in [0.2, 0.25) is 0 Å². The lowest BCUT2D eigenvalue weighted by Gasteiger charge is -2.18. The summed E-state index contributed by atoms with van der Waals surface area (Å²) in [5, 5.41) is 5.29. The zero-order valence-corrected chi connectivity index (χ0v) is 16.9. The fraction of sp³-hybridized carbons (Fsp3) is 0.320. The maximum absolute atomic E-state index is 12.5. The summed E-state index contributed by atoms with van der Waals surface area (Å²) in [7, 11) is 0. The SMILES string of the molecule is CCC(Oc1ccc2ccccc2c1)C(=O)NCCc1ccc(C(C)C)cc1. The Morgan fingerprint density at radius 1 is 0.964 bits per heavy atom. The minimum absolute atomic E-state index is 0.0607. The lowest BCUT2D eigenvalue weighted by Crippen LogP contribution is -2.38. The van der Waals surface area contributed by atoms with Gasteiger partial charge in [-0.15, -0.1) is 0 Å². The molecule has 28 heavy (non-hydrogen) atoms. The van der Waals surface area contributed by atoms with Gasteiger partial charge in [-0.25, -0.2) is 0 Å². The van der Waals surface area contributed by atoms with Gasteiger partial charge in [0.2, 0.25) is 0 Å². The predicted octanol–water partition coefficient (Wildman–Crippen LogP) is 5.48. The number of carbonyl (C=O) groups excluding carboxylic acids is 1. The first-order valence-corrected chi connectivity index (χ1v) is 10.1. The second-order valence-corrected chi connectivity index (χ2v) is 7.46. The van der Waals surface area contributed by atoms with Crippen molar-refractivity contribution >= 4 is 16.7 Å². The molecule has 3 aromatic rings. The van der Waals surface area contributed by atoms with Gasteiger partial charge in [0, 0.05) is 6.54 Å². The highest BCUT2D eigenvalue weighted by Crippen LogP contribution is 2.22. The molecule has 3 heteroatoms. The van der Waals surface area contributed by atoms with Gasteiger partial charge in [0.15, 0.2) is 6.10 Å². The molecule has 1 amide bonds. The number of amides is 1. The number of hydrogen-bond acceptors (Lipinski definition) is 2. The third kappa shape index (κ3) is 5.13. The van der Waals surface area contributed by atoms with E-state index in [0.29, 0.717) is 18.9 Å². The Morgan fingerprint density at radius 3 is 2.36 bits per heavy atom. The average Bonchev–Trinajstić information content (AvgIpc) is 2.72. The number of ether oxygens (including phenoxy) is 1. The first kappa shape index (κ1) is 19.9. The van der Waals surface area contributed by atoms with Crippen molar-refractivity contribution in [3.63, 3.8) is 0 Å². The molecule has 3 nitrogen and oxygen atoms in total. The van der Waals surface area contributed by atoms with Crippen LogP contribution >= 0.6 is 0 Å². The van der Waals surface area contributed by atoms with Crippen LogP contribution in [0.15, 0.2) is 66.7 Å². The van der Waals surface area contributed by atoms with Gasteiger partial charge in [-0.1, -0.05) is 75.4 Å². The highest BCUT2D eigenvalue weighted by atomic mass is 16.5. The van der Waals surface area contributed by atoms with Crippen LogP contribution in [0.25, 0.3) is 10.8 Å². The number of nitrogens with one attached hydrogen (secondary N) is 1. The maximum atomic E-state index is 12.5. The molecule has 1 unspecified atom stereocenters. The molecule has 0 saturated carbocycles. The van der Waals surface area contributed by atoms with Crippen molar-refractivity contribution in [3.05, 3.63) is 77.9 Å². The van der Waals surface area contributed by atoms with Crippen LogP contribution in [0.5, 0.6) is 5.75 Å². The lowest BCUT2D eigenvalue weighted by atomic mass is 10.0. The van der Waals surface area contributed by atoms with Gasteiger partial charge in [-0.2, -0.15) is 0 Å². The molecule has 1 atom stereocenters. The topological polar surface area (TPSA) is 38.3 Å². The van der Waals surface area contributed by atoms with E-state index in [4.69, 9.17) is 4.74 Å². The number of carbonyl (C=O) groups is 1. The first-order valence-electron chi connectivity index (χ1n) is 10.1. The summed E-state index contributed by atoms with van der Waals surface area (Å²) in [6.07, 6.45) is 0.961. The van der Waals surface area contributed by atoms with E-state index in [-0.39, 0.29) is 5.91 Å². The Morgan fingerprint density at radius 2 is 1.68 bits per heavy atom.